The van der Waals surface area contributed by atoms with E-state index in [1.165, 1.54) is 24.9 Å². The van der Waals surface area contributed by atoms with Gasteiger partial charge in [0.1, 0.15) is 0 Å². The summed E-state index contributed by atoms with van der Waals surface area (Å²) in [6.07, 6.45) is 3.57. The van der Waals surface area contributed by atoms with Gasteiger partial charge in [0.15, 0.2) is 0 Å². The third-order valence-corrected chi connectivity index (χ3v) is 3.86. The summed E-state index contributed by atoms with van der Waals surface area (Å²) in [6.45, 7) is 7.86. The van der Waals surface area contributed by atoms with E-state index in [0.717, 1.165) is 24.0 Å². The van der Waals surface area contributed by atoms with E-state index in [1.54, 1.807) is 0 Å². The largest absolute Gasteiger partial charge is 0.324 e. The molecule has 0 aliphatic rings. The van der Waals surface area contributed by atoms with E-state index in [-0.39, 0.29) is 6.04 Å². The Kier molecular flexibility index (Phi) is 7.56. The summed E-state index contributed by atoms with van der Waals surface area (Å²) in [5.74, 6) is 0. The van der Waals surface area contributed by atoms with Crippen LogP contribution in [0.4, 0.5) is 0 Å². The molecule has 0 spiro atoms. The second-order valence-electron chi connectivity index (χ2n) is 4.73. The Labute approximate surface area is 120 Å². The number of halogens is 1. The fraction of sp³-hybridized carbons (Fsp3) is 0.600. The molecule has 0 saturated carbocycles. The highest BCUT2D eigenvalue weighted by molar-refractivity contribution is 9.10. The molecule has 1 unspecified atom stereocenters. The molecule has 1 aromatic carbocycles. The van der Waals surface area contributed by atoms with E-state index in [0.29, 0.717) is 0 Å². The van der Waals surface area contributed by atoms with Crippen LogP contribution in [0.3, 0.4) is 0 Å². The molecule has 0 radical (unpaired) electrons. The topological polar surface area (TPSA) is 29.3 Å². The Bertz CT molecular complexity index is 324. The molecule has 0 fully saturated rings. The monoisotopic (exact) mass is 312 g/mol. The highest BCUT2D eigenvalue weighted by atomic mass is 79.9. The first kappa shape index (κ1) is 15.7. The van der Waals surface area contributed by atoms with Crippen LogP contribution in [-0.4, -0.2) is 24.5 Å². The summed E-state index contributed by atoms with van der Waals surface area (Å²) in [6, 6.07) is 8.48. The van der Waals surface area contributed by atoms with Gasteiger partial charge < -0.3 is 10.6 Å². The lowest BCUT2D eigenvalue weighted by atomic mass is 10.0. The van der Waals surface area contributed by atoms with E-state index < -0.39 is 0 Å². The van der Waals surface area contributed by atoms with Crippen molar-refractivity contribution in [2.24, 2.45) is 5.73 Å². The van der Waals surface area contributed by atoms with Crippen LogP contribution in [0.15, 0.2) is 28.7 Å². The minimum Gasteiger partial charge on any atom is -0.324 e. The van der Waals surface area contributed by atoms with Gasteiger partial charge >= 0.3 is 0 Å². The number of nitrogens with two attached hydrogens (primary N) is 1. The molecular formula is C15H25BrN2. The molecule has 0 saturated heterocycles. The van der Waals surface area contributed by atoms with Gasteiger partial charge in [-0.25, -0.2) is 0 Å². The highest BCUT2D eigenvalue weighted by Gasteiger charge is 2.08. The van der Waals surface area contributed by atoms with Crippen LogP contribution < -0.4 is 5.73 Å². The zero-order valence-corrected chi connectivity index (χ0v) is 13.1. The molecule has 2 nitrogen and oxygen atoms in total. The molecule has 102 valence electrons. The standard InChI is InChI=1S/C15H25BrN2/c1-3-5-11-18(4-2)12-10-15(17)13-6-8-14(16)9-7-13/h6-9,15H,3-5,10-12,17H2,1-2H3. The van der Waals surface area contributed by atoms with Gasteiger partial charge in [-0.15, -0.1) is 0 Å². The van der Waals surface area contributed by atoms with Gasteiger partial charge in [-0.2, -0.15) is 0 Å². The molecule has 1 rings (SSSR count). The van der Waals surface area contributed by atoms with Gasteiger partial charge in [-0.3, -0.25) is 0 Å². The minimum absolute atomic E-state index is 0.147. The molecule has 1 aromatic rings. The molecular weight excluding hydrogens is 288 g/mol. The van der Waals surface area contributed by atoms with E-state index >= 15 is 0 Å². The second kappa shape index (κ2) is 8.68. The molecule has 0 bridgehead atoms. The summed E-state index contributed by atoms with van der Waals surface area (Å²) < 4.78 is 1.11. The van der Waals surface area contributed by atoms with Crippen molar-refractivity contribution in [1.82, 2.24) is 4.90 Å². The Morgan fingerprint density at radius 3 is 2.39 bits per heavy atom. The molecule has 2 N–H and O–H groups in total. The quantitative estimate of drug-likeness (QED) is 0.787. The zero-order chi connectivity index (χ0) is 13.4. The Hall–Kier alpha value is -0.380. The van der Waals surface area contributed by atoms with Crippen molar-refractivity contribution >= 4 is 15.9 Å². The van der Waals surface area contributed by atoms with Gasteiger partial charge in [-0.1, -0.05) is 48.3 Å². The maximum atomic E-state index is 6.23. The summed E-state index contributed by atoms with van der Waals surface area (Å²) in [4.78, 5) is 2.49. The maximum Gasteiger partial charge on any atom is 0.0307 e. The van der Waals surface area contributed by atoms with Crippen LogP contribution in [0.5, 0.6) is 0 Å². The van der Waals surface area contributed by atoms with Crippen molar-refractivity contribution in [1.29, 1.82) is 0 Å². The van der Waals surface area contributed by atoms with Gasteiger partial charge in [-0.05, 0) is 50.2 Å². The fourth-order valence-electron chi connectivity index (χ4n) is 2.01. The lowest BCUT2D eigenvalue weighted by molar-refractivity contribution is 0.272. The lowest BCUT2D eigenvalue weighted by Gasteiger charge is -2.22. The number of hydrogen-bond donors (Lipinski definition) is 1. The molecule has 0 aromatic heterocycles. The van der Waals surface area contributed by atoms with E-state index in [1.807, 2.05) is 0 Å². The maximum absolute atomic E-state index is 6.23. The van der Waals surface area contributed by atoms with Crippen molar-refractivity contribution in [3.8, 4) is 0 Å². The zero-order valence-electron chi connectivity index (χ0n) is 11.5. The van der Waals surface area contributed by atoms with Gasteiger partial charge in [0.2, 0.25) is 0 Å². The molecule has 1 atom stereocenters. The fourth-order valence-corrected chi connectivity index (χ4v) is 2.27. The predicted octanol–water partition coefficient (Wildman–Crippen LogP) is 3.96. The number of unbranched alkanes of at least 4 members (excludes halogenated alkanes) is 1. The molecule has 0 heterocycles. The Morgan fingerprint density at radius 1 is 1.17 bits per heavy atom. The number of hydrogen-bond acceptors (Lipinski definition) is 2. The first-order chi connectivity index (χ1) is 8.67. The van der Waals surface area contributed by atoms with Gasteiger partial charge in [0.05, 0.1) is 0 Å². The molecule has 0 amide bonds. The average Bonchev–Trinajstić information content (AvgIpc) is 2.39. The normalized spacial score (nSPS) is 12.9. The Morgan fingerprint density at radius 2 is 1.83 bits per heavy atom. The van der Waals surface area contributed by atoms with Crippen LogP contribution in [0.1, 0.15) is 44.7 Å². The number of nitrogens with zero attached hydrogens (tertiary/aromatic N) is 1. The van der Waals surface area contributed by atoms with Crippen molar-refractivity contribution in [2.45, 2.75) is 39.2 Å². The average molecular weight is 313 g/mol. The molecule has 3 heteroatoms. The number of benzene rings is 1. The van der Waals surface area contributed by atoms with Crippen LogP contribution in [0.25, 0.3) is 0 Å². The van der Waals surface area contributed by atoms with Crippen molar-refractivity contribution in [3.05, 3.63) is 34.3 Å². The Balaban J connectivity index is 2.39. The third-order valence-electron chi connectivity index (χ3n) is 3.33. The summed E-state index contributed by atoms with van der Waals surface area (Å²) >= 11 is 3.45. The number of rotatable bonds is 8. The summed E-state index contributed by atoms with van der Waals surface area (Å²) in [5, 5.41) is 0. The van der Waals surface area contributed by atoms with Crippen molar-refractivity contribution in [2.75, 3.05) is 19.6 Å². The molecule has 0 aliphatic heterocycles. The van der Waals surface area contributed by atoms with E-state index in [9.17, 15) is 0 Å². The van der Waals surface area contributed by atoms with Crippen LogP contribution in [0.2, 0.25) is 0 Å². The lowest BCUT2D eigenvalue weighted by Crippen LogP contribution is -2.28. The van der Waals surface area contributed by atoms with Crippen LogP contribution >= 0.6 is 15.9 Å². The summed E-state index contributed by atoms with van der Waals surface area (Å²) in [5.41, 5.74) is 7.46. The SMILES string of the molecule is CCCCN(CC)CCC(N)c1ccc(Br)cc1. The van der Waals surface area contributed by atoms with Crippen LogP contribution in [-0.2, 0) is 0 Å². The first-order valence-electron chi connectivity index (χ1n) is 6.90. The highest BCUT2D eigenvalue weighted by Crippen LogP contribution is 2.18. The van der Waals surface area contributed by atoms with Crippen LogP contribution in [0, 0.1) is 0 Å². The first-order valence-corrected chi connectivity index (χ1v) is 7.70. The van der Waals surface area contributed by atoms with E-state index in [4.69, 9.17) is 5.73 Å². The van der Waals surface area contributed by atoms with Crippen molar-refractivity contribution < 1.29 is 0 Å². The second-order valence-corrected chi connectivity index (χ2v) is 5.65. The van der Waals surface area contributed by atoms with Gasteiger partial charge in [0.25, 0.3) is 0 Å². The smallest absolute Gasteiger partial charge is 0.0307 e. The van der Waals surface area contributed by atoms with E-state index in [2.05, 4.69) is 58.9 Å². The molecule has 0 aliphatic carbocycles. The van der Waals surface area contributed by atoms with Crippen molar-refractivity contribution in [3.63, 3.8) is 0 Å². The summed E-state index contributed by atoms with van der Waals surface area (Å²) in [7, 11) is 0. The molecule has 18 heavy (non-hydrogen) atoms. The minimum atomic E-state index is 0.147. The third kappa shape index (κ3) is 5.51. The van der Waals surface area contributed by atoms with Gasteiger partial charge in [0, 0.05) is 10.5 Å². The predicted molar refractivity (Wildman–Crippen MR) is 82.7 cm³/mol.